The molecule has 1 N–H and O–H groups in total. The van der Waals surface area contributed by atoms with E-state index in [4.69, 9.17) is 0 Å². The van der Waals surface area contributed by atoms with Crippen LogP contribution in [-0.4, -0.2) is 29.9 Å². The van der Waals surface area contributed by atoms with Crippen LogP contribution in [0.25, 0.3) is 0 Å². The molecule has 1 amide bonds. The largest absolute Gasteiger partial charge is 0.335 e. The van der Waals surface area contributed by atoms with Crippen molar-refractivity contribution >= 4 is 5.91 Å². The molecule has 2 fully saturated rings. The van der Waals surface area contributed by atoms with Gasteiger partial charge >= 0.3 is 0 Å². The summed E-state index contributed by atoms with van der Waals surface area (Å²) in [6, 6.07) is 7.44. The zero-order valence-corrected chi connectivity index (χ0v) is 12.1. The second kappa shape index (κ2) is 4.59. The van der Waals surface area contributed by atoms with E-state index in [1.807, 2.05) is 0 Å². The highest BCUT2D eigenvalue weighted by atomic mass is 16.2. The van der Waals surface area contributed by atoms with Crippen molar-refractivity contribution in [1.82, 2.24) is 10.2 Å². The van der Waals surface area contributed by atoms with Gasteiger partial charge in [-0.1, -0.05) is 23.8 Å². The molecule has 0 saturated carbocycles. The maximum absolute atomic E-state index is 12.8. The lowest BCUT2D eigenvalue weighted by Gasteiger charge is -2.48. The zero-order valence-electron chi connectivity index (χ0n) is 12.1. The van der Waals surface area contributed by atoms with Crippen LogP contribution < -0.4 is 5.32 Å². The van der Waals surface area contributed by atoms with Gasteiger partial charge in [0.15, 0.2) is 0 Å². The Labute approximate surface area is 120 Å². The Bertz CT molecular complexity index is 554. The lowest BCUT2D eigenvalue weighted by molar-refractivity contribution is -0.145. The molecule has 4 rings (SSSR count). The highest BCUT2D eigenvalue weighted by Crippen LogP contribution is 2.41. The first-order valence-corrected chi connectivity index (χ1v) is 7.87. The van der Waals surface area contributed by atoms with E-state index < -0.39 is 0 Å². The number of hydrogen-bond donors (Lipinski definition) is 1. The number of nitrogens with zero attached hydrogens (tertiary/aromatic N) is 1. The van der Waals surface area contributed by atoms with Gasteiger partial charge in [-0.25, -0.2) is 0 Å². The van der Waals surface area contributed by atoms with E-state index in [1.54, 1.807) is 0 Å². The summed E-state index contributed by atoms with van der Waals surface area (Å²) < 4.78 is 0. The third-order valence-electron chi connectivity index (χ3n) is 5.32. The van der Waals surface area contributed by atoms with E-state index in [9.17, 15) is 4.79 Å². The standard InChI is InChI=1S/C17H22N2O/c1-11-4-5-13-12(9-11)6-8-19-16(13)10-15-14(17(19)20)3-2-7-18-15/h4-5,9,14-16,18H,2-3,6-8,10H2,1H3/t14-,15-,16-/m0/s1. The van der Waals surface area contributed by atoms with Crippen LogP contribution in [0.3, 0.4) is 0 Å². The lowest BCUT2D eigenvalue weighted by Crippen LogP contribution is -2.57. The first kappa shape index (κ1) is 12.4. The van der Waals surface area contributed by atoms with E-state index >= 15 is 0 Å². The van der Waals surface area contributed by atoms with Gasteiger partial charge in [0.05, 0.1) is 12.0 Å². The van der Waals surface area contributed by atoms with Crippen molar-refractivity contribution in [2.24, 2.45) is 5.92 Å². The summed E-state index contributed by atoms with van der Waals surface area (Å²) in [5.74, 6) is 0.622. The highest BCUT2D eigenvalue weighted by molar-refractivity contribution is 5.81. The molecule has 0 bridgehead atoms. The van der Waals surface area contributed by atoms with Crippen molar-refractivity contribution in [3.05, 3.63) is 34.9 Å². The molecule has 3 aliphatic heterocycles. The molecule has 3 atom stereocenters. The number of fused-ring (bicyclic) bond motifs is 4. The van der Waals surface area contributed by atoms with E-state index in [0.717, 1.165) is 38.8 Å². The van der Waals surface area contributed by atoms with Gasteiger partial charge in [0, 0.05) is 12.6 Å². The molecular formula is C17H22N2O. The van der Waals surface area contributed by atoms with Gasteiger partial charge in [-0.3, -0.25) is 4.79 Å². The molecule has 0 unspecified atom stereocenters. The van der Waals surface area contributed by atoms with E-state index in [0.29, 0.717) is 18.0 Å². The molecule has 106 valence electrons. The molecule has 0 aromatic heterocycles. The number of aryl methyl sites for hydroxylation is 1. The quantitative estimate of drug-likeness (QED) is 0.784. The summed E-state index contributed by atoms with van der Waals surface area (Å²) >= 11 is 0. The molecule has 0 aliphatic carbocycles. The van der Waals surface area contributed by atoms with Gasteiger partial charge in [0.25, 0.3) is 0 Å². The van der Waals surface area contributed by atoms with Gasteiger partial charge in [-0.2, -0.15) is 0 Å². The van der Waals surface area contributed by atoms with Crippen molar-refractivity contribution in [2.75, 3.05) is 13.1 Å². The number of carbonyl (C=O) groups excluding carboxylic acids is 1. The van der Waals surface area contributed by atoms with Crippen LogP contribution in [0.5, 0.6) is 0 Å². The molecule has 0 spiro atoms. The maximum atomic E-state index is 12.8. The molecule has 3 heteroatoms. The topological polar surface area (TPSA) is 32.3 Å². The number of hydrogen-bond acceptors (Lipinski definition) is 2. The Hall–Kier alpha value is -1.35. The SMILES string of the molecule is Cc1ccc2c(c1)CCN1C(=O)[C@H]3CCCN[C@H]3C[C@@H]21. The number of rotatable bonds is 0. The van der Waals surface area contributed by atoms with Crippen LogP contribution in [0.4, 0.5) is 0 Å². The van der Waals surface area contributed by atoms with Crippen LogP contribution in [0, 0.1) is 12.8 Å². The second-order valence-corrected chi connectivity index (χ2v) is 6.54. The second-order valence-electron chi connectivity index (χ2n) is 6.54. The van der Waals surface area contributed by atoms with E-state index in [-0.39, 0.29) is 5.92 Å². The van der Waals surface area contributed by atoms with Crippen LogP contribution in [0.1, 0.15) is 42.0 Å². The number of amides is 1. The Kier molecular flexibility index (Phi) is 2.84. The van der Waals surface area contributed by atoms with Crippen LogP contribution in [0.2, 0.25) is 0 Å². The van der Waals surface area contributed by atoms with Crippen molar-refractivity contribution in [3.63, 3.8) is 0 Å². The molecule has 20 heavy (non-hydrogen) atoms. The number of piperidine rings is 2. The average Bonchev–Trinajstić information content (AvgIpc) is 2.47. The Morgan fingerprint density at radius 1 is 1.35 bits per heavy atom. The first-order chi connectivity index (χ1) is 9.74. The molecule has 3 nitrogen and oxygen atoms in total. The average molecular weight is 270 g/mol. The fraction of sp³-hybridized carbons (Fsp3) is 0.588. The Morgan fingerprint density at radius 3 is 3.15 bits per heavy atom. The minimum absolute atomic E-state index is 0.229. The fourth-order valence-corrected chi connectivity index (χ4v) is 4.31. The Morgan fingerprint density at radius 2 is 2.25 bits per heavy atom. The predicted molar refractivity (Wildman–Crippen MR) is 78.5 cm³/mol. The minimum Gasteiger partial charge on any atom is -0.335 e. The fourth-order valence-electron chi connectivity index (χ4n) is 4.31. The third-order valence-corrected chi connectivity index (χ3v) is 5.32. The summed E-state index contributed by atoms with van der Waals surface area (Å²) in [5.41, 5.74) is 4.17. The molecule has 3 heterocycles. The summed E-state index contributed by atoms with van der Waals surface area (Å²) in [6.45, 7) is 4.13. The van der Waals surface area contributed by atoms with Gasteiger partial charge < -0.3 is 10.2 Å². The number of nitrogens with one attached hydrogen (secondary N) is 1. The van der Waals surface area contributed by atoms with Crippen LogP contribution >= 0.6 is 0 Å². The normalized spacial score (nSPS) is 32.4. The van der Waals surface area contributed by atoms with Crippen molar-refractivity contribution in [1.29, 1.82) is 0 Å². The molecule has 1 aromatic rings. The minimum atomic E-state index is 0.229. The summed E-state index contributed by atoms with van der Waals surface area (Å²) in [4.78, 5) is 14.9. The predicted octanol–water partition coefficient (Wildman–Crippen LogP) is 2.19. The number of carbonyl (C=O) groups is 1. The van der Waals surface area contributed by atoms with Crippen LogP contribution in [0.15, 0.2) is 18.2 Å². The zero-order chi connectivity index (χ0) is 13.7. The van der Waals surface area contributed by atoms with Gasteiger partial charge in [-0.05, 0) is 50.3 Å². The molecule has 0 radical (unpaired) electrons. The van der Waals surface area contributed by atoms with Crippen LogP contribution in [-0.2, 0) is 11.2 Å². The molecular weight excluding hydrogens is 248 g/mol. The highest BCUT2D eigenvalue weighted by Gasteiger charge is 2.44. The van der Waals surface area contributed by atoms with E-state index in [1.165, 1.54) is 16.7 Å². The van der Waals surface area contributed by atoms with Crippen molar-refractivity contribution in [2.45, 2.75) is 44.7 Å². The Balaban J connectivity index is 1.71. The van der Waals surface area contributed by atoms with Gasteiger partial charge in [0.2, 0.25) is 5.91 Å². The summed E-state index contributed by atoms with van der Waals surface area (Å²) in [6.07, 6.45) is 4.32. The third kappa shape index (κ3) is 1.80. The monoisotopic (exact) mass is 270 g/mol. The molecule has 2 saturated heterocycles. The smallest absolute Gasteiger partial charge is 0.227 e. The molecule has 3 aliphatic rings. The number of benzene rings is 1. The van der Waals surface area contributed by atoms with Crippen molar-refractivity contribution < 1.29 is 4.79 Å². The lowest BCUT2D eigenvalue weighted by atomic mass is 9.77. The summed E-state index contributed by atoms with van der Waals surface area (Å²) in [5, 5.41) is 3.58. The van der Waals surface area contributed by atoms with Gasteiger partial charge in [-0.15, -0.1) is 0 Å². The van der Waals surface area contributed by atoms with E-state index in [2.05, 4.69) is 35.3 Å². The molecule has 1 aromatic carbocycles. The maximum Gasteiger partial charge on any atom is 0.227 e. The first-order valence-electron chi connectivity index (χ1n) is 7.87. The van der Waals surface area contributed by atoms with Gasteiger partial charge in [0.1, 0.15) is 0 Å². The summed E-state index contributed by atoms with van der Waals surface area (Å²) in [7, 11) is 0. The van der Waals surface area contributed by atoms with Crippen molar-refractivity contribution in [3.8, 4) is 0 Å².